The van der Waals surface area contributed by atoms with Crippen molar-refractivity contribution in [2.24, 2.45) is 0 Å². The van der Waals surface area contributed by atoms with Crippen LogP contribution in [-0.4, -0.2) is 35.8 Å². The molecular weight excluding hydrogens is 146 g/mol. The van der Waals surface area contributed by atoms with Crippen LogP contribution in [0.4, 0.5) is 0 Å². The molecule has 0 bridgehead atoms. The van der Waals surface area contributed by atoms with Crippen LogP contribution in [0.2, 0.25) is 0 Å². The molecule has 0 fully saturated rings. The van der Waals surface area contributed by atoms with Crippen molar-refractivity contribution in [3.05, 3.63) is 0 Å². The van der Waals surface area contributed by atoms with Gasteiger partial charge in [-0.2, -0.15) is 11.8 Å². The van der Waals surface area contributed by atoms with E-state index >= 15 is 0 Å². The lowest BCUT2D eigenvalue weighted by Crippen LogP contribution is -2.23. The maximum Gasteiger partial charge on any atom is 0.0681 e. The zero-order chi connectivity index (χ0) is 8.04. The maximum absolute atomic E-state index is 9.28. The smallest absolute Gasteiger partial charge is 0.0681 e. The molecule has 0 amide bonds. The van der Waals surface area contributed by atoms with Gasteiger partial charge in [0.25, 0.3) is 0 Å². The third-order valence-corrected chi connectivity index (χ3v) is 2.36. The fourth-order valence-corrected chi connectivity index (χ4v) is 1.49. The van der Waals surface area contributed by atoms with Crippen LogP contribution >= 0.6 is 11.8 Å². The molecule has 0 heterocycles. The molecule has 2 nitrogen and oxygen atoms in total. The van der Waals surface area contributed by atoms with Gasteiger partial charge in [-0.25, -0.2) is 0 Å². The Bertz CT molecular complexity index is 80.2. The number of aliphatic hydroxyl groups is 1. The van der Waals surface area contributed by atoms with Crippen LogP contribution < -0.4 is 5.32 Å². The number of nitrogens with one attached hydrogen (secondary N) is 1. The van der Waals surface area contributed by atoms with Crippen molar-refractivity contribution in [3.8, 4) is 0 Å². The second-order valence-electron chi connectivity index (χ2n) is 2.97. The van der Waals surface area contributed by atoms with Gasteiger partial charge < -0.3 is 10.4 Å². The number of hydrogen-bond donors (Lipinski definition) is 2. The van der Waals surface area contributed by atoms with Crippen molar-refractivity contribution < 1.29 is 5.11 Å². The Labute approximate surface area is 67.4 Å². The molecule has 0 aromatic carbocycles. The van der Waals surface area contributed by atoms with E-state index in [9.17, 15) is 5.11 Å². The first-order chi connectivity index (χ1) is 4.56. The van der Waals surface area contributed by atoms with Crippen LogP contribution in [0.15, 0.2) is 0 Å². The largest absolute Gasteiger partial charge is 0.390 e. The van der Waals surface area contributed by atoms with E-state index in [4.69, 9.17) is 0 Å². The van der Waals surface area contributed by atoms with Gasteiger partial charge in [-0.15, -0.1) is 0 Å². The first-order valence-corrected chi connectivity index (χ1v) is 4.66. The molecule has 0 aromatic heterocycles. The summed E-state index contributed by atoms with van der Waals surface area (Å²) in [6, 6.07) is 0. The van der Waals surface area contributed by atoms with Gasteiger partial charge in [0.2, 0.25) is 0 Å². The van der Waals surface area contributed by atoms with Gasteiger partial charge in [0.1, 0.15) is 0 Å². The van der Waals surface area contributed by atoms with E-state index in [1.165, 1.54) is 0 Å². The molecule has 0 rings (SSSR count). The number of thioether (sulfide) groups is 1. The van der Waals surface area contributed by atoms with Crippen molar-refractivity contribution >= 4 is 11.8 Å². The molecular formula is C7H17NOS. The highest BCUT2D eigenvalue weighted by atomic mass is 32.2. The van der Waals surface area contributed by atoms with Gasteiger partial charge >= 0.3 is 0 Å². The molecule has 2 N–H and O–H groups in total. The van der Waals surface area contributed by atoms with Gasteiger partial charge in [-0.05, 0) is 20.9 Å². The first kappa shape index (κ1) is 10.3. The summed E-state index contributed by atoms with van der Waals surface area (Å²) in [5.74, 6) is 1.88. The van der Waals surface area contributed by atoms with Crippen LogP contribution in [0, 0.1) is 0 Å². The quantitative estimate of drug-likeness (QED) is 0.585. The summed E-state index contributed by atoms with van der Waals surface area (Å²) in [4.78, 5) is 0. The molecule has 0 saturated heterocycles. The molecule has 0 saturated carbocycles. The average molecular weight is 163 g/mol. The van der Waals surface area contributed by atoms with Crippen LogP contribution in [0.5, 0.6) is 0 Å². The zero-order valence-corrected chi connectivity index (χ0v) is 7.79. The Morgan fingerprint density at radius 2 is 2.10 bits per heavy atom. The van der Waals surface area contributed by atoms with Crippen LogP contribution in [0.25, 0.3) is 0 Å². The minimum atomic E-state index is -0.515. The van der Waals surface area contributed by atoms with Gasteiger partial charge in [0, 0.05) is 18.1 Å². The van der Waals surface area contributed by atoms with Gasteiger partial charge in [-0.3, -0.25) is 0 Å². The zero-order valence-electron chi connectivity index (χ0n) is 6.98. The molecule has 0 atom stereocenters. The minimum Gasteiger partial charge on any atom is -0.390 e. The van der Waals surface area contributed by atoms with E-state index < -0.39 is 5.60 Å². The van der Waals surface area contributed by atoms with Crippen molar-refractivity contribution in [1.82, 2.24) is 5.32 Å². The highest BCUT2D eigenvalue weighted by molar-refractivity contribution is 7.99. The lowest BCUT2D eigenvalue weighted by atomic mass is 10.2. The molecule has 0 aliphatic carbocycles. The Hall–Kier alpha value is 0.270. The third kappa shape index (κ3) is 8.27. The highest BCUT2D eigenvalue weighted by Crippen LogP contribution is 2.10. The lowest BCUT2D eigenvalue weighted by Gasteiger charge is -2.15. The molecule has 0 aliphatic rings. The SMILES string of the molecule is CNCCSCC(C)(C)O. The van der Waals surface area contributed by atoms with Crippen LogP contribution in [0.1, 0.15) is 13.8 Å². The summed E-state index contributed by atoms with van der Waals surface area (Å²) in [7, 11) is 1.94. The van der Waals surface area contributed by atoms with E-state index in [2.05, 4.69) is 5.32 Å². The molecule has 0 aromatic rings. The van der Waals surface area contributed by atoms with Crippen LogP contribution in [-0.2, 0) is 0 Å². The third-order valence-electron chi connectivity index (χ3n) is 0.952. The molecule has 62 valence electrons. The summed E-state index contributed by atoms with van der Waals surface area (Å²) < 4.78 is 0. The Kier molecular flexibility index (Phi) is 5.13. The van der Waals surface area contributed by atoms with Crippen molar-refractivity contribution in [3.63, 3.8) is 0 Å². The van der Waals surface area contributed by atoms with Crippen LogP contribution in [0.3, 0.4) is 0 Å². The van der Waals surface area contributed by atoms with E-state index in [1.54, 1.807) is 11.8 Å². The molecule has 0 aliphatic heterocycles. The summed E-state index contributed by atoms with van der Waals surface area (Å²) in [5, 5.41) is 12.3. The second kappa shape index (κ2) is 4.99. The monoisotopic (exact) mass is 163 g/mol. The van der Waals surface area contributed by atoms with Crippen molar-refractivity contribution in [2.45, 2.75) is 19.4 Å². The molecule has 3 heteroatoms. The highest BCUT2D eigenvalue weighted by Gasteiger charge is 2.10. The topological polar surface area (TPSA) is 32.3 Å². The Morgan fingerprint density at radius 1 is 1.50 bits per heavy atom. The van der Waals surface area contributed by atoms with Crippen molar-refractivity contribution in [2.75, 3.05) is 25.1 Å². The number of rotatable bonds is 5. The fourth-order valence-electron chi connectivity index (χ4n) is 0.496. The van der Waals surface area contributed by atoms with E-state index in [1.807, 2.05) is 20.9 Å². The van der Waals surface area contributed by atoms with Crippen molar-refractivity contribution in [1.29, 1.82) is 0 Å². The number of hydrogen-bond acceptors (Lipinski definition) is 3. The molecule has 0 spiro atoms. The predicted molar refractivity (Wildman–Crippen MR) is 47.5 cm³/mol. The van der Waals surface area contributed by atoms with Gasteiger partial charge in [0.15, 0.2) is 0 Å². The van der Waals surface area contributed by atoms with Gasteiger partial charge in [-0.1, -0.05) is 0 Å². The van der Waals surface area contributed by atoms with E-state index in [0.29, 0.717) is 0 Å². The summed E-state index contributed by atoms with van der Waals surface area (Å²) in [6.45, 7) is 4.68. The first-order valence-electron chi connectivity index (χ1n) is 3.51. The standard InChI is InChI=1S/C7H17NOS/c1-7(2,9)6-10-5-4-8-3/h8-9H,4-6H2,1-3H3. The van der Waals surface area contributed by atoms with E-state index in [0.717, 1.165) is 18.1 Å². The summed E-state index contributed by atoms with van der Waals surface area (Å²) in [6.07, 6.45) is 0. The van der Waals surface area contributed by atoms with Gasteiger partial charge in [0.05, 0.1) is 5.60 Å². The summed E-state index contributed by atoms with van der Waals surface area (Å²) >= 11 is 1.77. The normalized spacial score (nSPS) is 12.0. The predicted octanol–water partition coefficient (Wildman–Crippen LogP) is 0.710. The second-order valence-corrected chi connectivity index (χ2v) is 4.07. The maximum atomic E-state index is 9.28. The fraction of sp³-hybridized carbons (Fsp3) is 1.00. The average Bonchev–Trinajstić information content (AvgIpc) is 1.78. The molecule has 10 heavy (non-hydrogen) atoms. The van der Waals surface area contributed by atoms with E-state index in [-0.39, 0.29) is 0 Å². The summed E-state index contributed by atoms with van der Waals surface area (Å²) in [5.41, 5.74) is -0.515. The minimum absolute atomic E-state index is 0.515. The Morgan fingerprint density at radius 3 is 2.50 bits per heavy atom. The Balaban J connectivity index is 3.04. The lowest BCUT2D eigenvalue weighted by molar-refractivity contribution is 0.107. The molecule has 0 radical (unpaired) electrons. The molecule has 0 unspecified atom stereocenters.